The first kappa shape index (κ1) is 13.1. The molecule has 0 aliphatic heterocycles. The van der Waals surface area contributed by atoms with Crippen molar-refractivity contribution in [2.75, 3.05) is 5.32 Å². The van der Waals surface area contributed by atoms with Gasteiger partial charge in [0.1, 0.15) is 5.82 Å². The molecule has 1 aromatic rings. The molecule has 0 spiro atoms. The molecule has 0 aliphatic carbocycles. The van der Waals surface area contributed by atoms with Gasteiger partial charge in [-0.2, -0.15) is 0 Å². The molecule has 0 saturated heterocycles. The zero-order valence-corrected chi connectivity index (χ0v) is 9.24. The maximum atomic E-state index is 13.3. The summed E-state index contributed by atoms with van der Waals surface area (Å²) in [5, 5.41) is 11.0. The van der Waals surface area contributed by atoms with Gasteiger partial charge in [-0.05, 0) is 25.1 Å². The van der Waals surface area contributed by atoms with Crippen LogP contribution < -0.4 is 11.1 Å². The summed E-state index contributed by atoms with van der Waals surface area (Å²) >= 11 is 0. The first-order chi connectivity index (χ1) is 7.90. The minimum Gasteiger partial charge on any atom is -0.478 e. The summed E-state index contributed by atoms with van der Waals surface area (Å²) in [6, 6.07) is 3.09. The van der Waals surface area contributed by atoms with Crippen molar-refractivity contribution in [1.82, 2.24) is 0 Å². The Labute approximate surface area is 97.4 Å². The topological polar surface area (TPSA) is 92.4 Å². The molecule has 0 radical (unpaired) electrons. The summed E-state index contributed by atoms with van der Waals surface area (Å²) in [4.78, 5) is 21.9. The quantitative estimate of drug-likeness (QED) is 0.737. The molecule has 0 aromatic heterocycles. The molecular formula is C11H13FN2O3. The number of hydrogen-bond acceptors (Lipinski definition) is 3. The Morgan fingerprint density at radius 1 is 1.53 bits per heavy atom. The average molecular weight is 240 g/mol. The summed E-state index contributed by atoms with van der Waals surface area (Å²) < 4.78 is 13.3. The lowest BCUT2D eigenvalue weighted by atomic mass is 10.2. The van der Waals surface area contributed by atoms with Gasteiger partial charge in [0.15, 0.2) is 0 Å². The highest BCUT2D eigenvalue weighted by Crippen LogP contribution is 2.14. The Balaban J connectivity index is 2.77. The lowest BCUT2D eigenvalue weighted by Gasteiger charge is -2.07. The molecule has 1 unspecified atom stereocenters. The van der Waals surface area contributed by atoms with Crippen molar-refractivity contribution < 1.29 is 19.1 Å². The summed E-state index contributed by atoms with van der Waals surface area (Å²) in [6.45, 7) is 1.67. The number of rotatable bonds is 4. The van der Waals surface area contributed by atoms with E-state index >= 15 is 0 Å². The minimum atomic E-state index is -1.35. The Morgan fingerprint density at radius 3 is 2.65 bits per heavy atom. The van der Waals surface area contributed by atoms with Crippen LogP contribution in [0.1, 0.15) is 23.7 Å². The van der Waals surface area contributed by atoms with Gasteiger partial charge >= 0.3 is 5.97 Å². The van der Waals surface area contributed by atoms with Crippen LogP contribution in [0.25, 0.3) is 0 Å². The number of aromatic carboxylic acids is 1. The van der Waals surface area contributed by atoms with Gasteiger partial charge in [0.05, 0.1) is 5.56 Å². The Morgan fingerprint density at radius 2 is 2.18 bits per heavy atom. The molecule has 1 amide bonds. The van der Waals surface area contributed by atoms with Crippen molar-refractivity contribution in [3.63, 3.8) is 0 Å². The van der Waals surface area contributed by atoms with Gasteiger partial charge in [-0.3, -0.25) is 4.79 Å². The molecule has 5 nitrogen and oxygen atoms in total. The number of anilines is 1. The van der Waals surface area contributed by atoms with Gasteiger partial charge in [-0.25, -0.2) is 9.18 Å². The zero-order chi connectivity index (χ0) is 13.0. The van der Waals surface area contributed by atoms with E-state index in [0.29, 0.717) is 0 Å². The van der Waals surface area contributed by atoms with E-state index in [4.69, 9.17) is 10.8 Å². The average Bonchev–Trinajstić information content (AvgIpc) is 2.15. The molecule has 0 fully saturated rings. The number of hydrogen-bond donors (Lipinski definition) is 3. The summed E-state index contributed by atoms with van der Waals surface area (Å²) in [7, 11) is 0. The SMILES string of the molecule is CC(N)CC(=O)Nc1ccc(C(=O)O)c(F)c1. The standard InChI is InChI=1S/C11H13FN2O3/c1-6(13)4-10(15)14-7-2-3-8(11(16)17)9(12)5-7/h2-3,5-6H,4,13H2,1H3,(H,14,15)(H,16,17). The van der Waals surface area contributed by atoms with E-state index in [-0.39, 0.29) is 24.1 Å². The van der Waals surface area contributed by atoms with E-state index in [1.54, 1.807) is 6.92 Å². The number of benzene rings is 1. The lowest BCUT2D eigenvalue weighted by Crippen LogP contribution is -2.24. The summed E-state index contributed by atoms with van der Waals surface area (Å²) in [6.07, 6.45) is 0.113. The van der Waals surface area contributed by atoms with Crippen LogP contribution in [-0.2, 0) is 4.79 Å². The zero-order valence-electron chi connectivity index (χ0n) is 9.24. The molecular weight excluding hydrogens is 227 g/mol. The second-order valence-corrected chi connectivity index (χ2v) is 3.73. The van der Waals surface area contributed by atoms with Crippen LogP contribution in [0.2, 0.25) is 0 Å². The molecule has 1 atom stereocenters. The molecule has 0 saturated carbocycles. The number of carboxylic acid groups (broad SMARTS) is 1. The highest BCUT2D eigenvalue weighted by molar-refractivity contribution is 5.92. The number of carbonyl (C=O) groups excluding carboxylic acids is 1. The number of carbonyl (C=O) groups is 2. The predicted molar refractivity (Wildman–Crippen MR) is 60.3 cm³/mol. The molecule has 0 bridgehead atoms. The fraction of sp³-hybridized carbons (Fsp3) is 0.273. The number of carboxylic acids is 1. The summed E-state index contributed by atoms with van der Waals surface area (Å²) in [5.41, 5.74) is 5.20. The van der Waals surface area contributed by atoms with E-state index < -0.39 is 17.3 Å². The maximum absolute atomic E-state index is 13.3. The van der Waals surface area contributed by atoms with Crippen molar-refractivity contribution >= 4 is 17.6 Å². The molecule has 92 valence electrons. The van der Waals surface area contributed by atoms with Crippen molar-refractivity contribution in [2.24, 2.45) is 5.73 Å². The number of nitrogens with two attached hydrogens (primary N) is 1. The highest BCUT2D eigenvalue weighted by Gasteiger charge is 2.12. The predicted octanol–water partition coefficient (Wildman–Crippen LogP) is 1.20. The van der Waals surface area contributed by atoms with E-state index in [1.807, 2.05) is 0 Å². The van der Waals surface area contributed by atoms with Crippen LogP contribution >= 0.6 is 0 Å². The summed E-state index contributed by atoms with van der Waals surface area (Å²) in [5.74, 6) is -2.59. The van der Waals surface area contributed by atoms with Gasteiger partial charge in [-0.15, -0.1) is 0 Å². The van der Waals surface area contributed by atoms with Crippen molar-refractivity contribution in [2.45, 2.75) is 19.4 Å². The normalized spacial score (nSPS) is 11.9. The third-order valence-corrected chi connectivity index (χ3v) is 1.99. The third-order valence-electron chi connectivity index (χ3n) is 1.99. The Kier molecular flexibility index (Phi) is 4.17. The first-order valence-electron chi connectivity index (χ1n) is 4.98. The molecule has 0 heterocycles. The second kappa shape index (κ2) is 5.40. The van der Waals surface area contributed by atoms with Gasteiger partial charge in [0.2, 0.25) is 5.91 Å². The van der Waals surface area contributed by atoms with E-state index in [1.165, 1.54) is 6.07 Å². The smallest absolute Gasteiger partial charge is 0.338 e. The monoisotopic (exact) mass is 240 g/mol. The van der Waals surface area contributed by atoms with Crippen LogP contribution in [-0.4, -0.2) is 23.0 Å². The van der Waals surface area contributed by atoms with Crippen LogP contribution in [0.15, 0.2) is 18.2 Å². The van der Waals surface area contributed by atoms with Gasteiger partial charge in [0.25, 0.3) is 0 Å². The Hall–Kier alpha value is -1.95. The van der Waals surface area contributed by atoms with Gasteiger partial charge in [0, 0.05) is 18.2 Å². The Bertz CT molecular complexity index is 446. The van der Waals surface area contributed by atoms with Crippen molar-refractivity contribution in [3.8, 4) is 0 Å². The third kappa shape index (κ3) is 3.84. The van der Waals surface area contributed by atoms with E-state index in [9.17, 15) is 14.0 Å². The van der Waals surface area contributed by atoms with Gasteiger partial charge < -0.3 is 16.2 Å². The molecule has 17 heavy (non-hydrogen) atoms. The van der Waals surface area contributed by atoms with Gasteiger partial charge in [-0.1, -0.05) is 0 Å². The molecule has 1 aromatic carbocycles. The fourth-order valence-electron chi connectivity index (χ4n) is 1.27. The van der Waals surface area contributed by atoms with Crippen LogP contribution in [0.3, 0.4) is 0 Å². The fourth-order valence-corrected chi connectivity index (χ4v) is 1.27. The van der Waals surface area contributed by atoms with Crippen LogP contribution in [0, 0.1) is 5.82 Å². The molecule has 4 N–H and O–H groups in total. The van der Waals surface area contributed by atoms with Crippen LogP contribution in [0.4, 0.5) is 10.1 Å². The van der Waals surface area contributed by atoms with Crippen LogP contribution in [0.5, 0.6) is 0 Å². The molecule has 0 aliphatic rings. The van der Waals surface area contributed by atoms with E-state index in [0.717, 1.165) is 12.1 Å². The lowest BCUT2D eigenvalue weighted by molar-refractivity contribution is -0.116. The molecule has 1 rings (SSSR count). The minimum absolute atomic E-state index is 0.113. The number of nitrogens with one attached hydrogen (secondary N) is 1. The highest BCUT2D eigenvalue weighted by atomic mass is 19.1. The largest absolute Gasteiger partial charge is 0.478 e. The number of halogens is 1. The first-order valence-corrected chi connectivity index (χ1v) is 4.98. The second-order valence-electron chi connectivity index (χ2n) is 3.73. The maximum Gasteiger partial charge on any atom is 0.338 e. The number of amides is 1. The van der Waals surface area contributed by atoms with Crippen molar-refractivity contribution in [3.05, 3.63) is 29.6 Å². The van der Waals surface area contributed by atoms with Crippen molar-refractivity contribution in [1.29, 1.82) is 0 Å². The molecule has 6 heteroatoms. The van der Waals surface area contributed by atoms with E-state index in [2.05, 4.69) is 5.32 Å².